The molecule has 0 aromatic heterocycles. The molecule has 3 rings (SSSR count). The topological polar surface area (TPSA) is 73.9 Å². The number of carbonyl (C=O) groups excluding carboxylic acids is 2. The number of ketones is 1. The Morgan fingerprint density at radius 1 is 1.00 bits per heavy atom. The molecule has 0 aliphatic carbocycles. The summed E-state index contributed by atoms with van der Waals surface area (Å²) in [6.45, 7) is 1.59. The minimum atomic E-state index is -0.104. The van der Waals surface area contributed by atoms with Gasteiger partial charge in [-0.2, -0.15) is 0 Å². The molecule has 1 heterocycles. The first-order valence-corrected chi connectivity index (χ1v) is 9.99. The van der Waals surface area contributed by atoms with Crippen LogP contribution in [0.2, 0.25) is 0 Å². The standard InChI is InChI=1S/C23H27NO5/c1-27-20-8-3-2-6-17(20)7-4-5-13-24-23(26)12-10-19(25)18-9-11-21-22(16-18)29-15-14-28-21/h2-3,6,8-9,11,16H,4-5,7,10,12-15H2,1H3,(H,24,26). The second-order valence-electron chi connectivity index (χ2n) is 6.90. The van der Waals surface area contributed by atoms with Crippen LogP contribution in [-0.2, 0) is 11.2 Å². The van der Waals surface area contributed by atoms with E-state index < -0.39 is 0 Å². The monoisotopic (exact) mass is 397 g/mol. The van der Waals surface area contributed by atoms with Gasteiger partial charge in [-0.05, 0) is 49.1 Å². The van der Waals surface area contributed by atoms with Crippen LogP contribution in [-0.4, -0.2) is 38.6 Å². The fourth-order valence-corrected chi connectivity index (χ4v) is 3.25. The van der Waals surface area contributed by atoms with Crippen LogP contribution in [0, 0.1) is 0 Å². The van der Waals surface area contributed by atoms with Gasteiger partial charge in [-0.3, -0.25) is 9.59 Å². The van der Waals surface area contributed by atoms with Crippen LogP contribution in [0.15, 0.2) is 42.5 Å². The molecule has 2 aromatic carbocycles. The third-order valence-corrected chi connectivity index (χ3v) is 4.83. The largest absolute Gasteiger partial charge is 0.496 e. The van der Waals surface area contributed by atoms with Crippen LogP contribution < -0.4 is 19.5 Å². The van der Waals surface area contributed by atoms with E-state index in [2.05, 4.69) is 11.4 Å². The van der Waals surface area contributed by atoms with Crippen molar-refractivity contribution in [3.05, 3.63) is 53.6 Å². The van der Waals surface area contributed by atoms with Crippen LogP contribution in [0.3, 0.4) is 0 Å². The molecule has 0 unspecified atom stereocenters. The van der Waals surface area contributed by atoms with Gasteiger partial charge in [0, 0.05) is 24.9 Å². The molecular formula is C23H27NO5. The zero-order chi connectivity index (χ0) is 20.5. The molecule has 0 saturated carbocycles. The molecular weight excluding hydrogens is 370 g/mol. The van der Waals surface area contributed by atoms with Crippen LogP contribution in [0.4, 0.5) is 0 Å². The van der Waals surface area contributed by atoms with E-state index in [4.69, 9.17) is 14.2 Å². The summed E-state index contributed by atoms with van der Waals surface area (Å²) in [6, 6.07) is 13.1. The van der Waals surface area contributed by atoms with Crippen LogP contribution in [0.5, 0.6) is 17.2 Å². The van der Waals surface area contributed by atoms with Gasteiger partial charge >= 0.3 is 0 Å². The Morgan fingerprint density at radius 2 is 1.79 bits per heavy atom. The minimum absolute atomic E-state index is 0.0757. The van der Waals surface area contributed by atoms with Gasteiger partial charge in [-0.25, -0.2) is 0 Å². The molecule has 154 valence electrons. The average Bonchev–Trinajstić information content (AvgIpc) is 2.77. The van der Waals surface area contributed by atoms with E-state index in [-0.39, 0.29) is 24.5 Å². The first kappa shape index (κ1) is 20.7. The molecule has 1 N–H and O–H groups in total. The molecule has 0 radical (unpaired) electrons. The van der Waals surface area contributed by atoms with Crippen molar-refractivity contribution in [3.63, 3.8) is 0 Å². The van der Waals surface area contributed by atoms with Crippen molar-refractivity contribution in [2.45, 2.75) is 32.1 Å². The van der Waals surface area contributed by atoms with Gasteiger partial charge < -0.3 is 19.5 Å². The van der Waals surface area contributed by atoms with Crippen LogP contribution in [0.25, 0.3) is 0 Å². The summed E-state index contributed by atoms with van der Waals surface area (Å²) in [4.78, 5) is 24.4. The first-order chi connectivity index (χ1) is 14.2. The summed E-state index contributed by atoms with van der Waals surface area (Å²) in [5.74, 6) is 1.95. The van der Waals surface area contributed by atoms with E-state index in [1.165, 1.54) is 5.56 Å². The van der Waals surface area contributed by atoms with Gasteiger partial charge in [0.1, 0.15) is 19.0 Å². The highest BCUT2D eigenvalue weighted by atomic mass is 16.6. The van der Waals surface area contributed by atoms with E-state index in [0.29, 0.717) is 36.8 Å². The van der Waals surface area contributed by atoms with Crippen molar-refractivity contribution in [3.8, 4) is 17.2 Å². The molecule has 6 nitrogen and oxygen atoms in total. The highest BCUT2D eigenvalue weighted by molar-refractivity contribution is 5.98. The number of rotatable bonds is 10. The maximum Gasteiger partial charge on any atom is 0.220 e. The number of ether oxygens (including phenoxy) is 3. The van der Waals surface area contributed by atoms with Gasteiger partial charge in [0.25, 0.3) is 0 Å². The van der Waals surface area contributed by atoms with Crippen molar-refractivity contribution in [2.24, 2.45) is 0 Å². The van der Waals surface area contributed by atoms with Gasteiger partial charge in [-0.1, -0.05) is 18.2 Å². The molecule has 1 aliphatic rings. The Morgan fingerprint density at radius 3 is 2.62 bits per heavy atom. The maximum absolute atomic E-state index is 12.3. The number of carbonyl (C=O) groups is 2. The number of methoxy groups -OCH3 is 1. The predicted molar refractivity (Wildman–Crippen MR) is 110 cm³/mol. The highest BCUT2D eigenvalue weighted by Gasteiger charge is 2.15. The van der Waals surface area contributed by atoms with E-state index in [0.717, 1.165) is 25.0 Å². The van der Waals surface area contributed by atoms with Crippen molar-refractivity contribution in [2.75, 3.05) is 26.9 Å². The Bertz CT molecular complexity index is 849. The Balaban J connectivity index is 1.34. The maximum atomic E-state index is 12.3. The number of Topliss-reactive ketones (excluding diaryl/α,β-unsaturated/α-hetero) is 1. The van der Waals surface area contributed by atoms with Crippen molar-refractivity contribution in [1.29, 1.82) is 0 Å². The second kappa shape index (κ2) is 10.5. The SMILES string of the molecule is COc1ccccc1CCCCNC(=O)CCC(=O)c1ccc2c(c1)OCCO2. The number of benzene rings is 2. The number of aryl methyl sites for hydroxylation is 1. The first-order valence-electron chi connectivity index (χ1n) is 9.99. The Labute approximate surface area is 171 Å². The lowest BCUT2D eigenvalue weighted by Crippen LogP contribution is -2.25. The summed E-state index contributed by atoms with van der Waals surface area (Å²) in [6.07, 6.45) is 3.09. The summed E-state index contributed by atoms with van der Waals surface area (Å²) >= 11 is 0. The summed E-state index contributed by atoms with van der Waals surface area (Å²) in [5, 5.41) is 2.89. The fraction of sp³-hybridized carbons (Fsp3) is 0.391. The number of amides is 1. The lowest BCUT2D eigenvalue weighted by Gasteiger charge is -2.18. The van der Waals surface area contributed by atoms with E-state index in [1.807, 2.05) is 18.2 Å². The Hall–Kier alpha value is -3.02. The molecule has 0 saturated heterocycles. The smallest absolute Gasteiger partial charge is 0.220 e. The number of hydrogen-bond acceptors (Lipinski definition) is 5. The number of fused-ring (bicyclic) bond motifs is 1. The molecule has 0 fully saturated rings. The molecule has 0 bridgehead atoms. The predicted octanol–water partition coefficient (Wildman–Crippen LogP) is 3.57. The molecule has 6 heteroatoms. The van der Waals surface area contributed by atoms with E-state index in [9.17, 15) is 9.59 Å². The fourth-order valence-electron chi connectivity index (χ4n) is 3.25. The number of nitrogens with one attached hydrogen (secondary N) is 1. The molecule has 0 spiro atoms. The van der Waals surface area contributed by atoms with Crippen molar-refractivity contribution < 1.29 is 23.8 Å². The zero-order valence-corrected chi connectivity index (χ0v) is 16.7. The zero-order valence-electron chi connectivity index (χ0n) is 16.7. The highest BCUT2D eigenvalue weighted by Crippen LogP contribution is 2.31. The van der Waals surface area contributed by atoms with E-state index in [1.54, 1.807) is 25.3 Å². The third-order valence-electron chi connectivity index (χ3n) is 4.83. The van der Waals surface area contributed by atoms with Gasteiger partial charge in [0.2, 0.25) is 5.91 Å². The van der Waals surface area contributed by atoms with Gasteiger partial charge in [0.15, 0.2) is 17.3 Å². The Kier molecular flexibility index (Phi) is 7.50. The number of hydrogen-bond donors (Lipinski definition) is 1. The quantitative estimate of drug-likeness (QED) is 0.490. The summed E-state index contributed by atoms with van der Waals surface area (Å²) in [7, 11) is 1.67. The summed E-state index contributed by atoms with van der Waals surface area (Å²) in [5.41, 5.74) is 1.71. The van der Waals surface area contributed by atoms with Gasteiger partial charge in [0.05, 0.1) is 7.11 Å². The average molecular weight is 397 g/mol. The lowest BCUT2D eigenvalue weighted by atomic mass is 10.1. The molecule has 1 aliphatic heterocycles. The second-order valence-corrected chi connectivity index (χ2v) is 6.90. The van der Waals surface area contributed by atoms with E-state index >= 15 is 0 Å². The number of unbranched alkanes of at least 4 members (excludes halogenated alkanes) is 1. The molecule has 2 aromatic rings. The normalized spacial score (nSPS) is 12.3. The minimum Gasteiger partial charge on any atom is -0.496 e. The van der Waals surface area contributed by atoms with Gasteiger partial charge in [-0.15, -0.1) is 0 Å². The van der Waals surface area contributed by atoms with Crippen molar-refractivity contribution >= 4 is 11.7 Å². The number of para-hydroxylation sites is 1. The van der Waals surface area contributed by atoms with Crippen LogP contribution >= 0.6 is 0 Å². The third kappa shape index (κ3) is 5.98. The lowest BCUT2D eigenvalue weighted by molar-refractivity contribution is -0.121. The van der Waals surface area contributed by atoms with Crippen molar-refractivity contribution in [1.82, 2.24) is 5.32 Å². The summed E-state index contributed by atoms with van der Waals surface area (Å²) < 4.78 is 16.3. The van der Waals surface area contributed by atoms with Crippen LogP contribution in [0.1, 0.15) is 41.6 Å². The molecule has 1 amide bonds. The molecule has 0 atom stereocenters. The molecule has 29 heavy (non-hydrogen) atoms.